The number of sulfonamides is 1. The summed E-state index contributed by atoms with van der Waals surface area (Å²) in [4.78, 5) is 16.9. The van der Waals surface area contributed by atoms with Gasteiger partial charge in [-0.3, -0.25) is 4.79 Å². The van der Waals surface area contributed by atoms with Gasteiger partial charge in [-0.15, -0.1) is 0 Å². The maximum Gasteiger partial charge on any atom is 0.262 e. The molecular weight excluding hydrogens is 422 g/mol. The number of ketones is 1. The van der Waals surface area contributed by atoms with E-state index in [1.165, 1.54) is 16.8 Å². The first kappa shape index (κ1) is 20.8. The Labute approximate surface area is 181 Å². The monoisotopic (exact) mass is 443 g/mol. The fourth-order valence-electron chi connectivity index (χ4n) is 3.83. The Bertz CT molecular complexity index is 1160. The van der Waals surface area contributed by atoms with E-state index in [1.54, 1.807) is 35.9 Å². The second-order valence-electron chi connectivity index (χ2n) is 7.58. The van der Waals surface area contributed by atoms with Crippen LogP contribution in [0.5, 0.6) is 0 Å². The number of hydrogen-bond donors (Lipinski definition) is 0. The second-order valence-corrected chi connectivity index (χ2v) is 9.88. The van der Waals surface area contributed by atoms with Crippen molar-refractivity contribution in [1.82, 2.24) is 13.9 Å². The zero-order valence-corrected chi connectivity index (χ0v) is 18.1. The van der Waals surface area contributed by atoms with Crippen LogP contribution in [0.2, 0.25) is 5.02 Å². The molecule has 0 amide bonds. The lowest BCUT2D eigenvalue weighted by Crippen LogP contribution is -2.52. The number of Topliss-reactive ketones (excluding diaryl/α,β-unsaturated/α-hetero) is 1. The maximum absolute atomic E-state index is 13.0. The van der Waals surface area contributed by atoms with Crippen LogP contribution in [0.1, 0.15) is 28.3 Å². The molecule has 30 heavy (non-hydrogen) atoms. The van der Waals surface area contributed by atoms with Gasteiger partial charge < -0.3 is 4.57 Å². The van der Waals surface area contributed by atoms with Gasteiger partial charge in [0, 0.05) is 38.3 Å². The summed E-state index contributed by atoms with van der Waals surface area (Å²) in [5, 5.41) is 0.481. The van der Waals surface area contributed by atoms with Crippen molar-refractivity contribution in [2.24, 2.45) is 13.0 Å². The van der Waals surface area contributed by atoms with Crippen LogP contribution in [0.25, 0.3) is 0 Å². The number of carbonyl (C=O) groups excluding carboxylic acids is 1. The van der Waals surface area contributed by atoms with Gasteiger partial charge in [0.05, 0.1) is 11.3 Å². The second kappa shape index (κ2) is 8.34. The highest BCUT2D eigenvalue weighted by Gasteiger charge is 2.42. The molecule has 0 saturated carbocycles. The predicted octanol–water partition coefficient (Wildman–Crippen LogP) is 3.75. The zero-order valence-electron chi connectivity index (χ0n) is 16.5. The van der Waals surface area contributed by atoms with Crippen molar-refractivity contribution < 1.29 is 13.2 Å². The molecule has 1 aliphatic heterocycles. The lowest BCUT2D eigenvalue weighted by molar-refractivity contribution is 0.0931. The van der Waals surface area contributed by atoms with Crippen LogP contribution in [0.4, 0.5) is 0 Å². The predicted molar refractivity (Wildman–Crippen MR) is 115 cm³/mol. The molecule has 0 radical (unpaired) electrons. The largest absolute Gasteiger partial charge is 0.339 e. The van der Waals surface area contributed by atoms with Gasteiger partial charge >= 0.3 is 0 Å². The van der Waals surface area contributed by atoms with Gasteiger partial charge in [-0.25, -0.2) is 13.4 Å². The van der Waals surface area contributed by atoms with Crippen LogP contribution in [0.3, 0.4) is 0 Å². The molecule has 1 atom stereocenters. The molecule has 0 spiro atoms. The summed E-state index contributed by atoms with van der Waals surface area (Å²) in [6.45, 7) is 0.711. The lowest BCUT2D eigenvalue weighted by atomic mass is 9.78. The number of carbonyl (C=O) groups is 1. The van der Waals surface area contributed by atoms with Gasteiger partial charge in [-0.1, -0.05) is 54.1 Å². The van der Waals surface area contributed by atoms with Crippen LogP contribution >= 0.6 is 11.6 Å². The molecule has 2 heterocycles. The summed E-state index contributed by atoms with van der Waals surface area (Å²) in [6, 6.07) is 16.8. The van der Waals surface area contributed by atoms with E-state index in [0.717, 1.165) is 5.56 Å². The highest BCUT2D eigenvalue weighted by molar-refractivity contribution is 7.89. The standard InChI is InChI=1S/C22H22ClN3O3S/c1-25-14-22(24-15-25)30(28,29)26-12-17(13-26)19(16-7-3-2-4-8-16)11-21(27)18-9-5-6-10-20(18)23/h2-10,14-15,17,19H,11-13H2,1H3. The normalized spacial score (nSPS) is 16.2. The van der Waals surface area contributed by atoms with Crippen molar-refractivity contribution in [2.45, 2.75) is 17.4 Å². The molecular formula is C22H22ClN3O3S. The van der Waals surface area contributed by atoms with E-state index in [0.29, 0.717) is 23.7 Å². The minimum Gasteiger partial charge on any atom is -0.339 e. The molecule has 1 saturated heterocycles. The number of nitrogens with zero attached hydrogens (tertiary/aromatic N) is 3. The van der Waals surface area contributed by atoms with Crippen LogP contribution in [0.15, 0.2) is 72.1 Å². The summed E-state index contributed by atoms with van der Waals surface area (Å²) in [7, 11) is -1.89. The number of aromatic nitrogens is 2. The SMILES string of the molecule is Cn1cnc(S(=O)(=O)N2CC(C(CC(=O)c3ccccc3Cl)c3ccccc3)C2)c1. The minimum atomic E-state index is -3.62. The van der Waals surface area contributed by atoms with Gasteiger partial charge in [-0.05, 0) is 29.5 Å². The third kappa shape index (κ3) is 4.05. The van der Waals surface area contributed by atoms with E-state index in [2.05, 4.69) is 4.98 Å². The highest BCUT2D eigenvalue weighted by Crippen LogP contribution is 2.38. The van der Waals surface area contributed by atoms with Gasteiger partial charge in [-0.2, -0.15) is 4.31 Å². The van der Waals surface area contributed by atoms with E-state index in [1.807, 2.05) is 30.3 Å². The highest BCUT2D eigenvalue weighted by atomic mass is 35.5. The molecule has 156 valence electrons. The summed E-state index contributed by atoms with van der Waals surface area (Å²) < 4.78 is 28.6. The minimum absolute atomic E-state index is 0.0392. The van der Waals surface area contributed by atoms with E-state index in [-0.39, 0.29) is 29.1 Å². The van der Waals surface area contributed by atoms with E-state index in [4.69, 9.17) is 11.6 Å². The van der Waals surface area contributed by atoms with Gasteiger partial charge in [0.25, 0.3) is 10.0 Å². The zero-order chi connectivity index (χ0) is 21.3. The van der Waals surface area contributed by atoms with E-state index < -0.39 is 10.0 Å². The average molecular weight is 444 g/mol. The summed E-state index contributed by atoms with van der Waals surface area (Å²) >= 11 is 6.21. The molecule has 0 aliphatic carbocycles. The van der Waals surface area contributed by atoms with Gasteiger partial charge in [0.2, 0.25) is 0 Å². The Morgan fingerprint density at radius 1 is 1.13 bits per heavy atom. The number of rotatable bonds is 7. The third-order valence-corrected chi connectivity index (χ3v) is 7.58. The first-order valence-electron chi connectivity index (χ1n) is 9.67. The number of hydrogen-bond acceptors (Lipinski definition) is 4. The van der Waals surface area contributed by atoms with E-state index >= 15 is 0 Å². The number of halogens is 1. The Hall–Kier alpha value is -2.48. The topological polar surface area (TPSA) is 72.3 Å². The summed E-state index contributed by atoms with van der Waals surface area (Å²) in [6.07, 6.45) is 3.24. The van der Waals surface area contributed by atoms with Crippen molar-refractivity contribution >= 4 is 27.4 Å². The van der Waals surface area contributed by atoms with Gasteiger partial charge in [0.1, 0.15) is 0 Å². The van der Waals surface area contributed by atoms with Crippen molar-refractivity contribution in [3.05, 3.63) is 83.3 Å². The number of aryl methyl sites for hydroxylation is 1. The molecule has 3 aromatic rings. The average Bonchev–Trinajstić information content (AvgIpc) is 3.14. The Kier molecular flexibility index (Phi) is 5.77. The summed E-state index contributed by atoms with van der Waals surface area (Å²) in [5.41, 5.74) is 1.52. The fourth-order valence-corrected chi connectivity index (χ4v) is 5.59. The Balaban J connectivity index is 1.54. The van der Waals surface area contributed by atoms with Crippen LogP contribution in [0, 0.1) is 5.92 Å². The number of benzene rings is 2. The molecule has 1 aliphatic rings. The van der Waals surface area contributed by atoms with Crippen molar-refractivity contribution in [1.29, 1.82) is 0 Å². The molecule has 1 aromatic heterocycles. The first-order valence-corrected chi connectivity index (χ1v) is 11.5. The molecule has 0 bridgehead atoms. The molecule has 0 N–H and O–H groups in total. The molecule has 1 unspecified atom stereocenters. The number of imidazole rings is 1. The van der Waals surface area contributed by atoms with E-state index in [9.17, 15) is 13.2 Å². The smallest absolute Gasteiger partial charge is 0.262 e. The van der Waals surface area contributed by atoms with Crippen LogP contribution in [-0.2, 0) is 17.1 Å². The van der Waals surface area contributed by atoms with Crippen LogP contribution in [-0.4, -0.2) is 41.1 Å². The Morgan fingerprint density at radius 3 is 2.43 bits per heavy atom. The van der Waals surface area contributed by atoms with Crippen molar-refractivity contribution in [2.75, 3.05) is 13.1 Å². The fraction of sp³-hybridized carbons (Fsp3) is 0.273. The van der Waals surface area contributed by atoms with Crippen molar-refractivity contribution in [3.8, 4) is 0 Å². The summed E-state index contributed by atoms with van der Waals surface area (Å²) in [5.74, 6) is -0.0945. The molecule has 4 rings (SSSR count). The Morgan fingerprint density at radius 2 is 1.80 bits per heavy atom. The lowest BCUT2D eigenvalue weighted by Gasteiger charge is -2.42. The third-order valence-electron chi connectivity index (χ3n) is 5.54. The van der Waals surface area contributed by atoms with Crippen LogP contribution < -0.4 is 0 Å². The molecule has 2 aromatic carbocycles. The van der Waals surface area contributed by atoms with Crippen molar-refractivity contribution in [3.63, 3.8) is 0 Å². The molecule has 1 fully saturated rings. The first-order chi connectivity index (χ1) is 14.4. The quantitative estimate of drug-likeness (QED) is 0.521. The van der Waals surface area contributed by atoms with Gasteiger partial charge in [0.15, 0.2) is 10.8 Å². The maximum atomic E-state index is 13.0. The molecule has 6 nitrogen and oxygen atoms in total. The molecule has 8 heteroatoms.